The summed E-state index contributed by atoms with van der Waals surface area (Å²) in [5, 5.41) is 11.5. The number of aryl methyl sites for hydroxylation is 1. The summed E-state index contributed by atoms with van der Waals surface area (Å²) in [4.78, 5) is 30.5. The summed E-state index contributed by atoms with van der Waals surface area (Å²) in [6, 6.07) is 6.12. The molecule has 2 heterocycles. The zero-order valence-electron chi connectivity index (χ0n) is 10.8. The van der Waals surface area contributed by atoms with E-state index in [4.69, 9.17) is 5.11 Å². The number of nitrogens with one attached hydrogen (secondary N) is 1. The number of pyridine rings is 2. The Bertz CT molecular complexity index is 656. The van der Waals surface area contributed by atoms with E-state index in [0.29, 0.717) is 6.54 Å². The fraction of sp³-hybridized carbons (Fsp3) is 0.143. The Morgan fingerprint density at radius 1 is 1.25 bits per heavy atom. The number of hydrogen-bond acceptors (Lipinski definition) is 4. The quantitative estimate of drug-likeness (QED) is 0.877. The van der Waals surface area contributed by atoms with Crippen molar-refractivity contribution < 1.29 is 14.7 Å². The van der Waals surface area contributed by atoms with Crippen molar-refractivity contribution in [1.82, 2.24) is 15.3 Å². The fourth-order valence-corrected chi connectivity index (χ4v) is 1.65. The number of aromatic nitrogens is 2. The second kappa shape index (κ2) is 5.92. The van der Waals surface area contributed by atoms with Crippen molar-refractivity contribution in [3.63, 3.8) is 0 Å². The van der Waals surface area contributed by atoms with Gasteiger partial charge in [0.05, 0.1) is 0 Å². The Morgan fingerprint density at radius 2 is 2.00 bits per heavy atom. The molecule has 2 N–H and O–H groups in total. The van der Waals surface area contributed by atoms with Gasteiger partial charge >= 0.3 is 5.97 Å². The van der Waals surface area contributed by atoms with Crippen LogP contribution >= 0.6 is 0 Å². The molecule has 0 saturated carbocycles. The van der Waals surface area contributed by atoms with Gasteiger partial charge in [-0.3, -0.25) is 9.78 Å². The summed E-state index contributed by atoms with van der Waals surface area (Å²) in [7, 11) is 0. The molecule has 1 amide bonds. The molecule has 0 unspecified atom stereocenters. The molecule has 0 aliphatic carbocycles. The monoisotopic (exact) mass is 271 g/mol. The minimum atomic E-state index is -1.16. The third kappa shape index (κ3) is 3.17. The minimum absolute atomic E-state index is 0.0802. The van der Waals surface area contributed by atoms with Crippen LogP contribution in [0, 0.1) is 6.92 Å². The number of amides is 1. The van der Waals surface area contributed by atoms with Crippen molar-refractivity contribution in [2.45, 2.75) is 13.5 Å². The highest BCUT2D eigenvalue weighted by molar-refractivity contribution is 5.94. The van der Waals surface area contributed by atoms with Gasteiger partial charge in [-0.15, -0.1) is 0 Å². The van der Waals surface area contributed by atoms with Crippen LogP contribution in [0.4, 0.5) is 0 Å². The molecule has 20 heavy (non-hydrogen) atoms. The normalized spacial score (nSPS) is 10.1. The number of carboxylic acid groups (broad SMARTS) is 1. The lowest BCUT2D eigenvalue weighted by atomic mass is 10.1. The average molecular weight is 271 g/mol. The second-order valence-electron chi connectivity index (χ2n) is 4.20. The van der Waals surface area contributed by atoms with Gasteiger partial charge in [-0.25, -0.2) is 9.78 Å². The lowest BCUT2D eigenvalue weighted by Crippen LogP contribution is -2.24. The van der Waals surface area contributed by atoms with Gasteiger partial charge in [-0.1, -0.05) is 6.07 Å². The van der Waals surface area contributed by atoms with Crippen LogP contribution in [0.1, 0.15) is 32.1 Å². The molecule has 0 radical (unpaired) electrons. The highest BCUT2D eigenvalue weighted by Crippen LogP contribution is 2.05. The van der Waals surface area contributed by atoms with Crippen molar-refractivity contribution >= 4 is 11.9 Å². The first kappa shape index (κ1) is 13.7. The molecule has 2 rings (SSSR count). The molecule has 0 aromatic carbocycles. The number of hydrogen-bond donors (Lipinski definition) is 2. The zero-order valence-corrected chi connectivity index (χ0v) is 10.8. The van der Waals surface area contributed by atoms with Crippen LogP contribution in [0.25, 0.3) is 0 Å². The van der Waals surface area contributed by atoms with Crippen molar-refractivity contribution in [1.29, 1.82) is 0 Å². The first-order chi connectivity index (χ1) is 9.58. The molecule has 0 spiro atoms. The highest BCUT2D eigenvalue weighted by Gasteiger charge is 2.11. The van der Waals surface area contributed by atoms with Crippen molar-refractivity contribution in [2.75, 3.05) is 0 Å². The molecule has 6 heteroatoms. The van der Waals surface area contributed by atoms with E-state index in [2.05, 4.69) is 15.3 Å². The summed E-state index contributed by atoms with van der Waals surface area (Å²) in [6.07, 6.45) is 3.36. The molecule has 0 fully saturated rings. The van der Waals surface area contributed by atoms with Gasteiger partial charge in [0.1, 0.15) is 11.4 Å². The largest absolute Gasteiger partial charge is 0.477 e. The molecule has 0 saturated heterocycles. The molecule has 6 nitrogen and oxygen atoms in total. The Hall–Kier alpha value is -2.76. The van der Waals surface area contributed by atoms with Gasteiger partial charge in [0.25, 0.3) is 5.91 Å². The molecule has 0 aliphatic rings. The molecular weight excluding hydrogens is 258 g/mol. The average Bonchev–Trinajstić information content (AvgIpc) is 2.46. The van der Waals surface area contributed by atoms with E-state index in [9.17, 15) is 9.59 Å². The van der Waals surface area contributed by atoms with E-state index in [0.717, 1.165) is 11.1 Å². The first-order valence-electron chi connectivity index (χ1n) is 5.96. The van der Waals surface area contributed by atoms with Crippen molar-refractivity contribution in [3.8, 4) is 0 Å². The van der Waals surface area contributed by atoms with Gasteiger partial charge < -0.3 is 10.4 Å². The van der Waals surface area contributed by atoms with Crippen LogP contribution in [0.15, 0.2) is 36.7 Å². The van der Waals surface area contributed by atoms with Gasteiger partial charge in [-0.05, 0) is 36.2 Å². The van der Waals surface area contributed by atoms with E-state index in [-0.39, 0.29) is 11.4 Å². The molecule has 2 aromatic rings. The summed E-state index contributed by atoms with van der Waals surface area (Å²) in [5.74, 6) is -1.58. The van der Waals surface area contributed by atoms with Crippen LogP contribution in [-0.4, -0.2) is 27.0 Å². The molecular formula is C14H13N3O3. The fourth-order valence-electron chi connectivity index (χ4n) is 1.65. The molecule has 0 bridgehead atoms. The maximum absolute atomic E-state index is 11.9. The van der Waals surface area contributed by atoms with E-state index < -0.39 is 11.9 Å². The summed E-state index contributed by atoms with van der Waals surface area (Å²) < 4.78 is 0. The predicted molar refractivity (Wildman–Crippen MR) is 71.3 cm³/mol. The number of carboxylic acids is 1. The Labute approximate surface area is 115 Å². The third-order valence-corrected chi connectivity index (χ3v) is 2.78. The van der Waals surface area contributed by atoms with Gasteiger partial charge in [0.2, 0.25) is 0 Å². The van der Waals surface area contributed by atoms with E-state index >= 15 is 0 Å². The van der Waals surface area contributed by atoms with Crippen LogP contribution in [0.2, 0.25) is 0 Å². The lowest BCUT2D eigenvalue weighted by Gasteiger charge is -2.07. The smallest absolute Gasteiger partial charge is 0.354 e. The van der Waals surface area contributed by atoms with Crippen LogP contribution in [-0.2, 0) is 6.54 Å². The zero-order chi connectivity index (χ0) is 14.5. The standard InChI is InChI=1S/C14H13N3O3/c1-9-7-15-6-5-10(9)8-16-13(18)11-3-2-4-12(17-11)14(19)20/h2-7H,8H2,1H3,(H,16,18)(H,19,20). The van der Waals surface area contributed by atoms with Crippen LogP contribution in [0.5, 0.6) is 0 Å². The van der Waals surface area contributed by atoms with Gasteiger partial charge in [0.15, 0.2) is 0 Å². The van der Waals surface area contributed by atoms with Crippen molar-refractivity contribution in [3.05, 3.63) is 59.2 Å². The summed E-state index contributed by atoms with van der Waals surface area (Å²) in [6.45, 7) is 2.24. The number of carbonyl (C=O) groups is 2. The molecule has 2 aromatic heterocycles. The highest BCUT2D eigenvalue weighted by atomic mass is 16.4. The maximum atomic E-state index is 11.9. The number of nitrogens with zero attached hydrogens (tertiary/aromatic N) is 2. The predicted octanol–water partition coefficient (Wildman–Crippen LogP) is 1.41. The number of rotatable bonds is 4. The molecule has 0 atom stereocenters. The summed E-state index contributed by atoms with van der Waals surface area (Å²) in [5.41, 5.74) is 1.84. The second-order valence-corrected chi connectivity index (χ2v) is 4.20. The maximum Gasteiger partial charge on any atom is 0.354 e. The third-order valence-electron chi connectivity index (χ3n) is 2.78. The van der Waals surface area contributed by atoms with E-state index in [1.165, 1.54) is 18.2 Å². The number of aromatic carboxylic acids is 1. The van der Waals surface area contributed by atoms with Gasteiger partial charge in [-0.2, -0.15) is 0 Å². The van der Waals surface area contributed by atoms with Gasteiger partial charge in [0, 0.05) is 18.9 Å². The van der Waals surface area contributed by atoms with Crippen LogP contribution < -0.4 is 5.32 Å². The van der Waals surface area contributed by atoms with Crippen molar-refractivity contribution in [2.24, 2.45) is 0 Å². The van der Waals surface area contributed by atoms with Crippen LogP contribution in [0.3, 0.4) is 0 Å². The molecule has 102 valence electrons. The Kier molecular flexibility index (Phi) is 4.05. The first-order valence-corrected chi connectivity index (χ1v) is 5.96. The number of carbonyl (C=O) groups excluding carboxylic acids is 1. The Morgan fingerprint density at radius 3 is 2.70 bits per heavy atom. The minimum Gasteiger partial charge on any atom is -0.477 e. The lowest BCUT2D eigenvalue weighted by molar-refractivity contribution is 0.0690. The summed E-state index contributed by atoms with van der Waals surface area (Å²) >= 11 is 0. The molecule has 0 aliphatic heterocycles. The Balaban J connectivity index is 2.07. The van der Waals surface area contributed by atoms with E-state index in [1.807, 2.05) is 13.0 Å². The van der Waals surface area contributed by atoms with E-state index in [1.54, 1.807) is 12.4 Å². The SMILES string of the molecule is Cc1cnccc1CNC(=O)c1cccc(C(=O)O)n1. The topological polar surface area (TPSA) is 92.2 Å².